The molecule has 0 heterocycles. The molecule has 16 heavy (non-hydrogen) atoms. The van der Waals surface area contributed by atoms with Crippen molar-refractivity contribution in [2.45, 2.75) is 18.9 Å². The average molecular weight is 222 g/mol. The van der Waals surface area contributed by atoms with E-state index in [0.717, 1.165) is 12.8 Å². The van der Waals surface area contributed by atoms with Crippen molar-refractivity contribution in [3.8, 4) is 5.75 Å². The first-order valence-electron chi connectivity index (χ1n) is 4.83. The molecule has 2 N–H and O–H groups in total. The van der Waals surface area contributed by atoms with E-state index in [-0.39, 0.29) is 23.1 Å². The van der Waals surface area contributed by atoms with Crippen molar-refractivity contribution in [3.63, 3.8) is 0 Å². The van der Waals surface area contributed by atoms with Crippen LogP contribution in [0.3, 0.4) is 0 Å². The molecule has 0 unspecified atom stereocenters. The Morgan fingerprint density at radius 2 is 2.19 bits per heavy atom. The highest BCUT2D eigenvalue weighted by Crippen LogP contribution is 2.35. The molecule has 1 aliphatic carbocycles. The first-order chi connectivity index (χ1) is 7.59. The summed E-state index contributed by atoms with van der Waals surface area (Å²) in [5.74, 6) is -0.711. The summed E-state index contributed by atoms with van der Waals surface area (Å²) in [6.07, 6.45) is 1.80. The molecule has 1 aromatic rings. The molecule has 1 fully saturated rings. The molecule has 84 valence electrons. The number of nitrogens with zero attached hydrogens (tertiary/aromatic N) is 1. The molecule has 1 saturated carbocycles. The third-order valence-electron chi connectivity index (χ3n) is 2.27. The average Bonchev–Trinajstić information content (AvgIpc) is 3.00. The molecule has 0 radical (unpaired) electrons. The van der Waals surface area contributed by atoms with Crippen LogP contribution in [0.5, 0.6) is 5.75 Å². The Morgan fingerprint density at radius 1 is 1.50 bits per heavy atom. The molecular formula is C10H10N2O4. The first kappa shape index (κ1) is 10.4. The molecule has 0 bridgehead atoms. The van der Waals surface area contributed by atoms with Gasteiger partial charge < -0.3 is 10.5 Å². The van der Waals surface area contributed by atoms with Gasteiger partial charge in [-0.15, -0.1) is 0 Å². The number of nitrogens with two attached hydrogens (primary N) is 1. The van der Waals surface area contributed by atoms with Crippen LogP contribution in [0.2, 0.25) is 0 Å². The highest BCUT2D eigenvalue weighted by molar-refractivity contribution is 5.98. The van der Waals surface area contributed by atoms with E-state index in [1.165, 1.54) is 18.2 Å². The van der Waals surface area contributed by atoms with Gasteiger partial charge in [-0.05, 0) is 25.0 Å². The lowest BCUT2D eigenvalue weighted by atomic mass is 10.1. The van der Waals surface area contributed by atoms with E-state index in [1.54, 1.807) is 0 Å². The molecule has 0 atom stereocenters. The second-order valence-electron chi connectivity index (χ2n) is 3.59. The number of nitro benzene ring substituents is 1. The largest absolute Gasteiger partial charge is 0.483 e. The summed E-state index contributed by atoms with van der Waals surface area (Å²) in [7, 11) is 0. The van der Waals surface area contributed by atoms with Crippen LogP contribution in [0.4, 0.5) is 5.69 Å². The van der Waals surface area contributed by atoms with Crippen molar-refractivity contribution < 1.29 is 14.5 Å². The predicted molar refractivity (Wildman–Crippen MR) is 55.3 cm³/mol. The van der Waals surface area contributed by atoms with Crippen LogP contribution in [0.15, 0.2) is 18.2 Å². The molecule has 6 nitrogen and oxygen atoms in total. The zero-order chi connectivity index (χ0) is 11.7. The molecule has 2 rings (SSSR count). The Hall–Kier alpha value is -2.11. The maximum Gasteiger partial charge on any atom is 0.323 e. The lowest BCUT2D eigenvalue weighted by Gasteiger charge is -2.06. The molecule has 0 spiro atoms. The van der Waals surface area contributed by atoms with Gasteiger partial charge in [-0.3, -0.25) is 14.9 Å². The topological polar surface area (TPSA) is 95.5 Å². The fourth-order valence-electron chi connectivity index (χ4n) is 1.37. The molecule has 0 aliphatic heterocycles. The lowest BCUT2D eigenvalue weighted by Crippen LogP contribution is -2.14. The molecule has 6 heteroatoms. The zero-order valence-corrected chi connectivity index (χ0v) is 8.38. The summed E-state index contributed by atoms with van der Waals surface area (Å²) in [6, 6.07) is 4.31. The quantitative estimate of drug-likeness (QED) is 0.612. The number of carbonyl (C=O) groups excluding carboxylic acids is 1. The fraction of sp³-hybridized carbons (Fsp3) is 0.300. The Bertz CT molecular complexity index is 454. The van der Waals surface area contributed by atoms with Crippen molar-refractivity contribution >= 4 is 11.6 Å². The molecule has 1 amide bonds. The molecule has 0 aromatic heterocycles. The van der Waals surface area contributed by atoms with Gasteiger partial charge in [-0.1, -0.05) is 6.07 Å². The van der Waals surface area contributed by atoms with Crippen molar-refractivity contribution in [1.82, 2.24) is 0 Å². The van der Waals surface area contributed by atoms with Crippen LogP contribution < -0.4 is 10.5 Å². The molecule has 1 aromatic carbocycles. The highest BCUT2D eigenvalue weighted by atomic mass is 16.6. The minimum absolute atomic E-state index is 0.0295. The van der Waals surface area contributed by atoms with Gasteiger partial charge in [0, 0.05) is 0 Å². The van der Waals surface area contributed by atoms with E-state index in [4.69, 9.17) is 10.5 Å². The maximum absolute atomic E-state index is 11.0. The normalized spacial score (nSPS) is 14.5. The van der Waals surface area contributed by atoms with Crippen LogP contribution in [-0.4, -0.2) is 16.9 Å². The zero-order valence-electron chi connectivity index (χ0n) is 8.38. The molecule has 1 aliphatic rings. The van der Waals surface area contributed by atoms with Gasteiger partial charge in [0.15, 0.2) is 5.75 Å². The predicted octanol–water partition coefficient (Wildman–Crippen LogP) is 1.23. The van der Waals surface area contributed by atoms with Crippen LogP contribution in [0.1, 0.15) is 23.2 Å². The lowest BCUT2D eigenvalue weighted by molar-refractivity contribution is -0.386. The van der Waals surface area contributed by atoms with E-state index >= 15 is 0 Å². The van der Waals surface area contributed by atoms with E-state index in [2.05, 4.69) is 0 Å². The number of amides is 1. The van der Waals surface area contributed by atoms with E-state index in [9.17, 15) is 14.9 Å². The highest BCUT2D eigenvalue weighted by Gasteiger charge is 2.30. The standard InChI is InChI=1S/C10H10N2O4/c11-10(13)7-2-1-3-8(9(7)12(14)15)16-6-4-5-6/h1-3,6H,4-5H2,(H2,11,13). The summed E-state index contributed by atoms with van der Waals surface area (Å²) >= 11 is 0. The minimum atomic E-state index is -0.826. The van der Waals surface area contributed by atoms with Crippen LogP contribution >= 0.6 is 0 Å². The van der Waals surface area contributed by atoms with Crippen molar-refractivity contribution in [2.75, 3.05) is 0 Å². The summed E-state index contributed by atoms with van der Waals surface area (Å²) < 4.78 is 5.36. The van der Waals surface area contributed by atoms with Crippen LogP contribution in [-0.2, 0) is 0 Å². The van der Waals surface area contributed by atoms with Gasteiger partial charge in [0.05, 0.1) is 11.0 Å². The number of hydrogen-bond acceptors (Lipinski definition) is 4. The van der Waals surface area contributed by atoms with Crippen molar-refractivity contribution in [3.05, 3.63) is 33.9 Å². The summed E-state index contributed by atoms with van der Waals surface area (Å²) in [5, 5.41) is 10.9. The second kappa shape index (κ2) is 3.80. The number of rotatable bonds is 4. The monoisotopic (exact) mass is 222 g/mol. The van der Waals surface area contributed by atoms with Crippen LogP contribution in [0, 0.1) is 10.1 Å². The first-order valence-corrected chi connectivity index (χ1v) is 4.83. The number of hydrogen-bond donors (Lipinski definition) is 1. The number of carbonyl (C=O) groups is 1. The second-order valence-corrected chi connectivity index (χ2v) is 3.59. The third-order valence-corrected chi connectivity index (χ3v) is 2.27. The van der Waals surface area contributed by atoms with Crippen molar-refractivity contribution in [2.24, 2.45) is 5.73 Å². The van der Waals surface area contributed by atoms with E-state index < -0.39 is 10.8 Å². The smallest absolute Gasteiger partial charge is 0.323 e. The summed E-state index contributed by atoms with van der Waals surface area (Å²) in [5.41, 5.74) is 4.60. The molecule has 0 saturated heterocycles. The number of benzene rings is 1. The van der Waals surface area contributed by atoms with Crippen LogP contribution in [0.25, 0.3) is 0 Å². The summed E-state index contributed by atoms with van der Waals surface area (Å²) in [4.78, 5) is 21.3. The minimum Gasteiger partial charge on any atom is -0.483 e. The van der Waals surface area contributed by atoms with Gasteiger partial charge in [-0.25, -0.2) is 0 Å². The van der Waals surface area contributed by atoms with E-state index in [1.807, 2.05) is 0 Å². The number of para-hydroxylation sites is 1. The third kappa shape index (κ3) is 1.95. The van der Waals surface area contributed by atoms with Gasteiger partial charge in [0.1, 0.15) is 5.56 Å². The Labute approximate surface area is 91.2 Å². The number of nitro groups is 1. The SMILES string of the molecule is NC(=O)c1cccc(OC2CC2)c1[N+](=O)[O-]. The van der Waals surface area contributed by atoms with Gasteiger partial charge in [0.2, 0.25) is 0 Å². The number of primary amides is 1. The van der Waals surface area contributed by atoms with E-state index in [0.29, 0.717) is 0 Å². The maximum atomic E-state index is 11.0. The Morgan fingerprint density at radius 3 is 2.69 bits per heavy atom. The van der Waals surface area contributed by atoms with Crippen molar-refractivity contribution in [1.29, 1.82) is 0 Å². The Kier molecular flexibility index (Phi) is 2.47. The number of ether oxygens (including phenoxy) is 1. The Balaban J connectivity index is 2.45. The van der Waals surface area contributed by atoms with Gasteiger partial charge >= 0.3 is 5.69 Å². The van der Waals surface area contributed by atoms with Gasteiger partial charge in [0.25, 0.3) is 5.91 Å². The summed E-state index contributed by atoms with van der Waals surface area (Å²) in [6.45, 7) is 0. The van der Waals surface area contributed by atoms with Gasteiger partial charge in [-0.2, -0.15) is 0 Å². The fourth-order valence-corrected chi connectivity index (χ4v) is 1.37. The molecular weight excluding hydrogens is 212 g/mol.